The van der Waals surface area contributed by atoms with Crippen molar-refractivity contribution in [2.24, 2.45) is 0 Å². The van der Waals surface area contributed by atoms with Crippen molar-refractivity contribution in [2.45, 2.75) is 33.6 Å². The van der Waals surface area contributed by atoms with Gasteiger partial charge in [-0.05, 0) is 37.5 Å². The normalized spacial score (nSPS) is 11.1. The molecule has 0 saturated carbocycles. The molecule has 0 fully saturated rings. The topological polar surface area (TPSA) is 25.8 Å². The van der Waals surface area contributed by atoms with Crippen molar-refractivity contribution in [2.75, 3.05) is 0 Å². The largest absolute Gasteiger partial charge is 0.258 e. The molecule has 84 valence electrons. The first-order valence-electron chi connectivity index (χ1n) is 5.47. The third-order valence-electron chi connectivity index (χ3n) is 2.47. The Morgan fingerprint density at radius 1 is 1.19 bits per heavy atom. The lowest BCUT2D eigenvalue weighted by Crippen LogP contribution is -1.95. The zero-order valence-corrected chi connectivity index (χ0v) is 10.9. The summed E-state index contributed by atoms with van der Waals surface area (Å²) in [5.41, 5.74) is 3.47. The van der Waals surface area contributed by atoms with Gasteiger partial charge in [-0.15, -0.1) is 11.3 Å². The zero-order valence-electron chi connectivity index (χ0n) is 10.1. The molecule has 0 aliphatic rings. The minimum absolute atomic E-state index is 0.465. The van der Waals surface area contributed by atoms with Crippen molar-refractivity contribution in [3.8, 4) is 10.4 Å². The van der Waals surface area contributed by atoms with E-state index in [0.717, 1.165) is 16.4 Å². The second-order valence-corrected chi connectivity index (χ2v) is 5.56. The van der Waals surface area contributed by atoms with E-state index in [4.69, 9.17) is 0 Å². The van der Waals surface area contributed by atoms with Gasteiger partial charge in [0, 0.05) is 17.6 Å². The highest BCUT2D eigenvalue weighted by Crippen LogP contribution is 2.28. The molecule has 2 aromatic rings. The molecule has 0 bridgehead atoms. The van der Waals surface area contributed by atoms with Crippen LogP contribution in [-0.2, 0) is 0 Å². The first kappa shape index (κ1) is 11.3. The summed E-state index contributed by atoms with van der Waals surface area (Å²) in [6.45, 7) is 8.42. The third-order valence-corrected chi connectivity index (χ3v) is 3.43. The van der Waals surface area contributed by atoms with Crippen LogP contribution < -0.4 is 0 Å². The molecule has 16 heavy (non-hydrogen) atoms. The molecular formula is C13H16N2S. The third kappa shape index (κ3) is 2.30. The fraction of sp³-hybridized carbons (Fsp3) is 0.385. The van der Waals surface area contributed by atoms with Gasteiger partial charge in [0.15, 0.2) is 0 Å². The van der Waals surface area contributed by atoms with Crippen molar-refractivity contribution in [1.29, 1.82) is 0 Å². The highest BCUT2D eigenvalue weighted by atomic mass is 32.1. The van der Waals surface area contributed by atoms with Crippen molar-refractivity contribution >= 4 is 11.3 Å². The lowest BCUT2D eigenvalue weighted by molar-refractivity contribution is 0.816. The van der Waals surface area contributed by atoms with E-state index in [0.29, 0.717) is 5.92 Å². The maximum absolute atomic E-state index is 4.55. The van der Waals surface area contributed by atoms with E-state index in [1.54, 1.807) is 11.3 Å². The van der Waals surface area contributed by atoms with Crippen LogP contribution in [0.3, 0.4) is 0 Å². The Balaban J connectivity index is 2.49. The first-order valence-corrected chi connectivity index (χ1v) is 6.29. The van der Waals surface area contributed by atoms with Crippen molar-refractivity contribution in [1.82, 2.24) is 9.97 Å². The monoisotopic (exact) mass is 232 g/mol. The minimum Gasteiger partial charge on any atom is -0.258 e. The summed E-state index contributed by atoms with van der Waals surface area (Å²) in [6.07, 6.45) is 1.94. The van der Waals surface area contributed by atoms with E-state index in [-0.39, 0.29) is 0 Å². The quantitative estimate of drug-likeness (QED) is 0.783. The second-order valence-electron chi connectivity index (χ2n) is 4.32. The molecule has 2 aromatic heterocycles. The van der Waals surface area contributed by atoms with Gasteiger partial charge in [0.05, 0.1) is 9.88 Å². The molecule has 2 nitrogen and oxygen atoms in total. The summed E-state index contributed by atoms with van der Waals surface area (Å²) >= 11 is 1.73. The Kier molecular flexibility index (Phi) is 3.06. The van der Waals surface area contributed by atoms with Crippen LogP contribution in [0, 0.1) is 13.8 Å². The number of hydrogen-bond donors (Lipinski definition) is 0. The minimum atomic E-state index is 0.465. The predicted octanol–water partition coefficient (Wildman–Crippen LogP) is 3.95. The van der Waals surface area contributed by atoms with E-state index in [2.05, 4.69) is 35.9 Å². The highest BCUT2D eigenvalue weighted by molar-refractivity contribution is 7.15. The molecule has 0 amide bonds. The molecule has 0 radical (unpaired) electrons. The van der Waals surface area contributed by atoms with Gasteiger partial charge in [0.25, 0.3) is 0 Å². The Labute approximate surface area is 100 Å². The number of hydrogen-bond acceptors (Lipinski definition) is 3. The fourth-order valence-electron chi connectivity index (χ4n) is 1.63. The van der Waals surface area contributed by atoms with Gasteiger partial charge in [0.2, 0.25) is 0 Å². The van der Waals surface area contributed by atoms with Crippen LogP contribution in [0.1, 0.15) is 36.2 Å². The van der Waals surface area contributed by atoms with Crippen LogP contribution in [0.15, 0.2) is 18.3 Å². The van der Waals surface area contributed by atoms with E-state index < -0.39 is 0 Å². The molecule has 2 heterocycles. The summed E-state index contributed by atoms with van der Waals surface area (Å²) in [5.74, 6) is 0.465. The number of pyridine rings is 1. The van der Waals surface area contributed by atoms with Crippen LogP contribution in [-0.4, -0.2) is 9.97 Å². The lowest BCUT2D eigenvalue weighted by Gasteiger charge is -2.07. The van der Waals surface area contributed by atoms with Gasteiger partial charge in [-0.2, -0.15) is 0 Å². The molecule has 2 rings (SSSR count). The molecule has 0 saturated heterocycles. The van der Waals surface area contributed by atoms with Gasteiger partial charge in [-0.1, -0.05) is 13.8 Å². The molecule has 0 aliphatic carbocycles. The molecule has 0 aromatic carbocycles. The second kappa shape index (κ2) is 4.34. The fourth-order valence-corrected chi connectivity index (χ4v) is 2.39. The SMILES string of the molecule is Cc1cc(-c2cnc(C)s2)cc(C(C)C)n1. The van der Waals surface area contributed by atoms with E-state index >= 15 is 0 Å². The van der Waals surface area contributed by atoms with Gasteiger partial charge in [-0.25, -0.2) is 4.98 Å². The average Bonchev–Trinajstić information content (AvgIpc) is 2.64. The van der Waals surface area contributed by atoms with Crippen LogP contribution >= 0.6 is 11.3 Å². The molecule has 0 unspecified atom stereocenters. The van der Waals surface area contributed by atoms with E-state index in [1.165, 1.54) is 10.4 Å². The summed E-state index contributed by atoms with van der Waals surface area (Å²) in [4.78, 5) is 10.1. The van der Waals surface area contributed by atoms with Crippen LogP contribution in [0.5, 0.6) is 0 Å². The number of nitrogens with zero attached hydrogens (tertiary/aromatic N) is 2. The Hall–Kier alpha value is -1.22. The van der Waals surface area contributed by atoms with Crippen molar-refractivity contribution in [3.63, 3.8) is 0 Å². The Morgan fingerprint density at radius 3 is 2.50 bits per heavy atom. The summed E-state index contributed by atoms with van der Waals surface area (Å²) < 4.78 is 0. The summed E-state index contributed by atoms with van der Waals surface area (Å²) in [5, 5.41) is 1.11. The Morgan fingerprint density at radius 2 is 1.94 bits per heavy atom. The lowest BCUT2D eigenvalue weighted by atomic mass is 10.1. The Bertz CT molecular complexity index is 500. The number of aromatic nitrogens is 2. The molecule has 3 heteroatoms. The predicted molar refractivity (Wildman–Crippen MR) is 68.9 cm³/mol. The summed E-state index contributed by atoms with van der Waals surface area (Å²) in [7, 11) is 0. The van der Waals surface area contributed by atoms with E-state index in [9.17, 15) is 0 Å². The standard InChI is InChI=1S/C13H16N2S/c1-8(2)12-6-11(5-9(3)15-12)13-7-14-10(4)16-13/h5-8H,1-4H3. The number of rotatable bonds is 2. The maximum Gasteiger partial charge on any atom is 0.0900 e. The maximum atomic E-state index is 4.55. The first-order chi connectivity index (χ1) is 7.56. The van der Waals surface area contributed by atoms with E-state index in [1.807, 2.05) is 20.0 Å². The average molecular weight is 232 g/mol. The summed E-state index contributed by atoms with van der Waals surface area (Å²) in [6, 6.07) is 4.30. The molecular weight excluding hydrogens is 216 g/mol. The van der Waals surface area contributed by atoms with Gasteiger partial charge in [0.1, 0.15) is 0 Å². The smallest absolute Gasteiger partial charge is 0.0900 e. The van der Waals surface area contributed by atoms with Gasteiger partial charge >= 0.3 is 0 Å². The molecule has 0 spiro atoms. The van der Waals surface area contributed by atoms with Gasteiger partial charge < -0.3 is 0 Å². The number of aryl methyl sites for hydroxylation is 2. The van der Waals surface area contributed by atoms with Gasteiger partial charge in [-0.3, -0.25) is 4.98 Å². The van der Waals surface area contributed by atoms with Crippen LogP contribution in [0.4, 0.5) is 0 Å². The zero-order chi connectivity index (χ0) is 11.7. The molecule has 0 N–H and O–H groups in total. The van der Waals surface area contributed by atoms with Crippen LogP contribution in [0.2, 0.25) is 0 Å². The highest BCUT2D eigenvalue weighted by Gasteiger charge is 2.07. The van der Waals surface area contributed by atoms with Crippen LogP contribution in [0.25, 0.3) is 10.4 Å². The molecule has 0 aliphatic heterocycles. The number of thiazole rings is 1. The van der Waals surface area contributed by atoms with Crippen molar-refractivity contribution in [3.05, 3.63) is 34.7 Å². The van der Waals surface area contributed by atoms with Crippen molar-refractivity contribution < 1.29 is 0 Å². The molecule has 0 atom stereocenters.